The second-order valence-corrected chi connectivity index (χ2v) is 8.03. The van der Waals surface area contributed by atoms with Crippen LogP contribution in [0.25, 0.3) is 0 Å². The van der Waals surface area contributed by atoms with Crippen LogP contribution in [0.3, 0.4) is 0 Å². The van der Waals surface area contributed by atoms with Crippen molar-refractivity contribution < 1.29 is 44.9 Å². The van der Waals surface area contributed by atoms with E-state index in [-0.39, 0.29) is 12.2 Å². The van der Waals surface area contributed by atoms with Gasteiger partial charge in [-0.05, 0) is 24.6 Å². The molecular formula is C19H30O9. The van der Waals surface area contributed by atoms with Crippen molar-refractivity contribution in [3.8, 4) is 0 Å². The van der Waals surface area contributed by atoms with E-state index in [0.29, 0.717) is 5.57 Å². The van der Waals surface area contributed by atoms with E-state index in [9.17, 15) is 35.4 Å². The molecule has 0 radical (unpaired) electrons. The predicted octanol–water partition coefficient (Wildman–Crippen LogP) is -1.60. The summed E-state index contributed by atoms with van der Waals surface area (Å²) in [5, 5.41) is 59.6. The summed E-state index contributed by atoms with van der Waals surface area (Å²) in [6.07, 6.45) is -3.96. The Morgan fingerprint density at radius 2 is 1.89 bits per heavy atom. The van der Waals surface area contributed by atoms with Gasteiger partial charge in [-0.3, -0.25) is 4.79 Å². The first-order valence-corrected chi connectivity index (χ1v) is 9.17. The quantitative estimate of drug-likeness (QED) is 0.288. The Balaban J connectivity index is 2.17. The zero-order chi connectivity index (χ0) is 21.3. The van der Waals surface area contributed by atoms with Gasteiger partial charge in [0.1, 0.15) is 36.1 Å². The molecule has 2 rings (SSSR count). The molecular weight excluding hydrogens is 372 g/mol. The molecule has 0 aromatic rings. The van der Waals surface area contributed by atoms with Crippen LogP contribution < -0.4 is 0 Å². The molecule has 0 aromatic carbocycles. The number of hydrogen-bond donors (Lipinski definition) is 6. The van der Waals surface area contributed by atoms with Gasteiger partial charge in [-0.15, -0.1) is 0 Å². The first-order valence-electron chi connectivity index (χ1n) is 9.17. The van der Waals surface area contributed by atoms with Crippen LogP contribution in [0.5, 0.6) is 0 Å². The Morgan fingerprint density at radius 3 is 2.43 bits per heavy atom. The zero-order valence-electron chi connectivity index (χ0n) is 16.2. The molecule has 0 amide bonds. The van der Waals surface area contributed by atoms with E-state index in [4.69, 9.17) is 9.47 Å². The molecule has 0 bridgehead atoms. The zero-order valence-corrected chi connectivity index (χ0v) is 16.2. The maximum absolute atomic E-state index is 11.8. The first kappa shape index (κ1) is 23.1. The lowest BCUT2D eigenvalue weighted by molar-refractivity contribution is -0.309. The van der Waals surface area contributed by atoms with Crippen molar-refractivity contribution in [2.45, 2.75) is 69.6 Å². The standard InChI is InChI=1S/C19H30O9/c1-10-6-11(22)7-18(2,3)19(10,26)5-4-12(8-20)27-17-16(25)15(24)14(23)13(9-21)28-17/h4-6,12-17,20-21,23-26H,7-9H2,1-3H3/b5-4+/t12-,13-,14-,15+,16-,17-,19-/m1/s1. The average Bonchev–Trinajstić information content (AvgIpc) is 2.62. The highest BCUT2D eigenvalue weighted by Crippen LogP contribution is 2.44. The van der Waals surface area contributed by atoms with Crippen LogP contribution in [0.4, 0.5) is 0 Å². The SMILES string of the molecule is CC1=CC(=O)CC(C)(C)[C@@]1(O)/C=C/[C@H](CO)O[C@@H]1O[C@H](CO)[C@@H](O)[C@H](O)[C@H]1O. The third-order valence-electron chi connectivity index (χ3n) is 5.52. The van der Waals surface area contributed by atoms with Gasteiger partial charge >= 0.3 is 0 Å². The summed E-state index contributed by atoms with van der Waals surface area (Å²) >= 11 is 0. The van der Waals surface area contributed by atoms with Gasteiger partial charge in [-0.25, -0.2) is 0 Å². The maximum Gasteiger partial charge on any atom is 0.187 e. The van der Waals surface area contributed by atoms with Gasteiger partial charge in [0.15, 0.2) is 12.1 Å². The molecule has 0 spiro atoms. The molecule has 1 aliphatic carbocycles. The third kappa shape index (κ3) is 4.37. The van der Waals surface area contributed by atoms with Crippen LogP contribution in [0, 0.1) is 5.41 Å². The highest BCUT2D eigenvalue weighted by atomic mass is 16.7. The molecule has 0 unspecified atom stereocenters. The number of carbonyl (C=O) groups is 1. The highest BCUT2D eigenvalue weighted by Gasteiger charge is 2.47. The molecule has 1 fully saturated rings. The summed E-state index contributed by atoms with van der Waals surface area (Å²) in [7, 11) is 0. The maximum atomic E-state index is 11.8. The second-order valence-electron chi connectivity index (χ2n) is 8.03. The first-order chi connectivity index (χ1) is 13.0. The summed E-state index contributed by atoms with van der Waals surface area (Å²) in [5.41, 5.74) is -1.79. The summed E-state index contributed by atoms with van der Waals surface area (Å²) in [6.45, 7) is 4.01. The largest absolute Gasteiger partial charge is 0.394 e. The lowest BCUT2D eigenvalue weighted by Gasteiger charge is -2.44. The van der Waals surface area contributed by atoms with Gasteiger partial charge < -0.3 is 40.1 Å². The average molecular weight is 402 g/mol. The Bertz CT molecular complexity index is 627. The van der Waals surface area contributed by atoms with Gasteiger partial charge in [0.05, 0.1) is 13.2 Å². The summed E-state index contributed by atoms with van der Waals surface area (Å²) in [5.74, 6) is -0.0862. The van der Waals surface area contributed by atoms with Crippen LogP contribution in [0.2, 0.25) is 0 Å². The number of ketones is 1. The number of aliphatic hydroxyl groups excluding tert-OH is 5. The normalized spacial score (nSPS) is 39.8. The van der Waals surface area contributed by atoms with E-state index in [0.717, 1.165) is 0 Å². The van der Waals surface area contributed by atoms with E-state index in [1.54, 1.807) is 20.8 Å². The Kier molecular flexibility index (Phi) is 7.17. The van der Waals surface area contributed by atoms with Crippen molar-refractivity contribution in [2.75, 3.05) is 13.2 Å². The van der Waals surface area contributed by atoms with E-state index in [1.165, 1.54) is 18.2 Å². The van der Waals surface area contributed by atoms with Crippen molar-refractivity contribution in [2.24, 2.45) is 5.41 Å². The summed E-state index contributed by atoms with van der Waals surface area (Å²) < 4.78 is 10.7. The molecule has 0 aromatic heterocycles. The molecule has 9 nitrogen and oxygen atoms in total. The fraction of sp³-hybridized carbons (Fsp3) is 0.737. The lowest BCUT2D eigenvalue weighted by Crippen LogP contribution is -2.59. The summed E-state index contributed by atoms with van der Waals surface area (Å²) in [4.78, 5) is 11.8. The molecule has 6 N–H and O–H groups in total. The van der Waals surface area contributed by atoms with Crippen LogP contribution in [0.1, 0.15) is 27.2 Å². The van der Waals surface area contributed by atoms with Crippen molar-refractivity contribution >= 4 is 5.78 Å². The molecule has 28 heavy (non-hydrogen) atoms. The van der Waals surface area contributed by atoms with Gasteiger partial charge in [0.2, 0.25) is 0 Å². The van der Waals surface area contributed by atoms with Gasteiger partial charge in [-0.2, -0.15) is 0 Å². The minimum atomic E-state index is -1.60. The monoisotopic (exact) mass is 402 g/mol. The smallest absolute Gasteiger partial charge is 0.187 e. The number of carbonyl (C=O) groups excluding carboxylic acids is 1. The third-order valence-corrected chi connectivity index (χ3v) is 5.52. The minimum absolute atomic E-state index is 0.0862. The van der Waals surface area contributed by atoms with Gasteiger partial charge in [-0.1, -0.05) is 19.9 Å². The molecule has 1 aliphatic heterocycles. The lowest BCUT2D eigenvalue weighted by atomic mass is 9.64. The predicted molar refractivity (Wildman–Crippen MR) is 97.0 cm³/mol. The molecule has 9 heteroatoms. The molecule has 0 saturated carbocycles. The van der Waals surface area contributed by atoms with Crippen LogP contribution in [-0.2, 0) is 14.3 Å². The highest BCUT2D eigenvalue weighted by molar-refractivity contribution is 5.92. The van der Waals surface area contributed by atoms with Crippen molar-refractivity contribution in [1.29, 1.82) is 0 Å². The number of allylic oxidation sites excluding steroid dienone is 1. The minimum Gasteiger partial charge on any atom is -0.394 e. The van der Waals surface area contributed by atoms with Crippen molar-refractivity contribution in [3.63, 3.8) is 0 Å². The Hall–Kier alpha value is -1.17. The van der Waals surface area contributed by atoms with E-state index in [1.807, 2.05) is 0 Å². The van der Waals surface area contributed by atoms with Crippen LogP contribution in [-0.4, -0.2) is 92.0 Å². The molecule has 7 atom stereocenters. The summed E-state index contributed by atoms with van der Waals surface area (Å²) in [6, 6.07) is 0. The molecule has 1 heterocycles. The molecule has 160 valence electrons. The van der Waals surface area contributed by atoms with Crippen LogP contribution >= 0.6 is 0 Å². The molecule has 2 aliphatic rings. The number of rotatable bonds is 6. The number of ether oxygens (including phenoxy) is 2. The second kappa shape index (κ2) is 8.68. The van der Waals surface area contributed by atoms with Gasteiger partial charge in [0, 0.05) is 11.8 Å². The van der Waals surface area contributed by atoms with Crippen molar-refractivity contribution in [3.05, 3.63) is 23.8 Å². The fourth-order valence-electron chi connectivity index (χ4n) is 3.61. The van der Waals surface area contributed by atoms with Gasteiger partial charge in [0.25, 0.3) is 0 Å². The Morgan fingerprint density at radius 1 is 1.25 bits per heavy atom. The van der Waals surface area contributed by atoms with E-state index < -0.39 is 61.0 Å². The number of hydrogen-bond acceptors (Lipinski definition) is 9. The topological polar surface area (TPSA) is 157 Å². The Labute approximate surface area is 163 Å². The van der Waals surface area contributed by atoms with Crippen molar-refractivity contribution in [1.82, 2.24) is 0 Å². The van der Waals surface area contributed by atoms with E-state index in [2.05, 4.69) is 0 Å². The van der Waals surface area contributed by atoms with E-state index >= 15 is 0 Å². The number of aliphatic hydroxyl groups is 6. The fourth-order valence-corrected chi connectivity index (χ4v) is 3.61. The molecule has 1 saturated heterocycles. The van der Waals surface area contributed by atoms with Crippen LogP contribution in [0.15, 0.2) is 23.8 Å².